The molecule has 110 valence electrons. The molecule has 2 aromatic rings. The highest BCUT2D eigenvalue weighted by Gasteiger charge is 2.12. The second-order valence-corrected chi connectivity index (χ2v) is 5.72. The quantitative estimate of drug-likeness (QED) is 0.887. The molecule has 0 spiro atoms. The van der Waals surface area contributed by atoms with Crippen molar-refractivity contribution in [2.45, 2.75) is 19.9 Å². The lowest BCUT2D eigenvalue weighted by atomic mass is 10.1. The number of amides is 1. The minimum absolute atomic E-state index is 0.0135. The highest BCUT2D eigenvalue weighted by Crippen LogP contribution is 2.22. The van der Waals surface area contributed by atoms with Gasteiger partial charge in [-0.1, -0.05) is 52.3 Å². The zero-order valence-corrected chi connectivity index (χ0v) is 13.7. The molecule has 0 aliphatic heterocycles. The lowest BCUT2D eigenvalue weighted by Crippen LogP contribution is -2.31. The van der Waals surface area contributed by atoms with Gasteiger partial charge >= 0.3 is 0 Å². The van der Waals surface area contributed by atoms with Crippen LogP contribution in [0.25, 0.3) is 0 Å². The minimum Gasteiger partial charge on any atom is -0.484 e. The van der Waals surface area contributed by atoms with Gasteiger partial charge in [0.2, 0.25) is 0 Å². The predicted octanol–water partition coefficient (Wildman–Crippen LogP) is 4.01. The summed E-state index contributed by atoms with van der Waals surface area (Å²) < 4.78 is 6.53. The van der Waals surface area contributed by atoms with Gasteiger partial charge < -0.3 is 10.1 Å². The molecule has 0 saturated heterocycles. The van der Waals surface area contributed by atoms with Crippen LogP contribution < -0.4 is 10.1 Å². The third-order valence-electron chi connectivity index (χ3n) is 3.20. The maximum absolute atomic E-state index is 12.0. The Morgan fingerprint density at radius 2 is 1.86 bits per heavy atom. The van der Waals surface area contributed by atoms with E-state index in [1.807, 2.05) is 62.4 Å². The molecular weight excluding hydrogens is 330 g/mol. The lowest BCUT2D eigenvalue weighted by molar-refractivity contribution is -0.123. The zero-order chi connectivity index (χ0) is 15.2. The highest BCUT2D eigenvalue weighted by molar-refractivity contribution is 9.10. The Morgan fingerprint density at radius 3 is 2.57 bits per heavy atom. The van der Waals surface area contributed by atoms with Crippen molar-refractivity contribution >= 4 is 21.8 Å². The first kappa shape index (κ1) is 15.6. The van der Waals surface area contributed by atoms with E-state index >= 15 is 0 Å². The van der Waals surface area contributed by atoms with Crippen LogP contribution in [0.15, 0.2) is 53.0 Å². The number of carbonyl (C=O) groups excluding carboxylic acids is 1. The van der Waals surface area contributed by atoms with Crippen molar-refractivity contribution in [3.63, 3.8) is 0 Å². The molecule has 1 amide bonds. The number of halogens is 1. The van der Waals surface area contributed by atoms with Crippen LogP contribution >= 0.6 is 15.9 Å². The van der Waals surface area contributed by atoms with Crippen LogP contribution in [0.4, 0.5) is 0 Å². The number of hydrogen-bond donors (Lipinski definition) is 1. The lowest BCUT2D eigenvalue weighted by Gasteiger charge is -2.16. The van der Waals surface area contributed by atoms with Crippen LogP contribution in [0.1, 0.15) is 24.1 Å². The van der Waals surface area contributed by atoms with Gasteiger partial charge in [-0.3, -0.25) is 4.79 Å². The van der Waals surface area contributed by atoms with Gasteiger partial charge in [-0.25, -0.2) is 0 Å². The van der Waals surface area contributed by atoms with E-state index in [-0.39, 0.29) is 18.6 Å². The fourth-order valence-electron chi connectivity index (χ4n) is 2.05. The van der Waals surface area contributed by atoms with Crippen molar-refractivity contribution in [2.75, 3.05) is 6.61 Å². The molecule has 21 heavy (non-hydrogen) atoms. The average Bonchev–Trinajstić information content (AvgIpc) is 2.46. The number of nitrogens with one attached hydrogen (secondary N) is 1. The summed E-state index contributed by atoms with van der Waals surface area (Å²) in [5.41, 5.74) is 2.06. The Labute approximate surface area is 133 Å². The number of aryl methyl sites for hydroxylation is 1. The summed E-state index contributed by atoms with van der Waals surface area (Å²) in [6, 6.07) is 15.4. The summed E-state index contributed by atoms with van der Waals surface area (Å²) in [4.78, 5) is 12.0. The van der Waals surface area contributed by atoms with E-state index < -0.39 is 0 Å². The van der Waals surface area contributed by atoms with Crippen molar-refractivity contribution in [3.05, 3.63) is 64.1 Å². The summed E-state index contributed by atoms with van der Waals surface area (Å²) in [6.07, 6.45) is 0. The standard InChI is InChI=1S/C17H18BrNO2/c1-12-7-3-6-10-16(12)21-11-17(20)19-13(2)14-8-4-5-9-15(14)18/h3-10,13H,11H2,1-2H3,(H,19,20)/t13-/m1/s1. The first-order chi connectivity index (χ1) is 10.1. The molecular formula is C17H18BrNO2. The summed E-state index contributed by atoms with van der Waals surface area (Å²) in [7, 11) is 0. The molecule has 0 fully saturated rings. The number of para-hydroxylation sites is 1. The summed E-state index contributed by atoms with van der Waals surface area (Å²) in [6.45, 7) is 3.92. The Balaban J connectivity index is 1.90. The highest BCUT2D eigenvalue weighted by atomic mass is 79.9. The molecule has 0 aliphatic carbocycles. The van der Waals surface area contributed by atoms with Crippen molar-refractivity contribution in [1.29, 1.82) is 0 Å². The third kappa shape index (κ3) is 4.33. The van der Waals surface area contributed by atoms with Gasteiger partial charge in [-0.2, -0.15) is 0 Å². The van der Waals surface area contributed by atoms with Crippen LogP contribution in [-0.4, -0.2) is 12.5 Å². The summed E-state index contributed by atoms with van der Waals surface area (Å²) >= 11 is 3.49. The number of carbonyl (C=O) groups is 1. The summed E-state index contributed by atoms with van der Waals surface area (Å²) in [5, 5.41) is 2.93. The van der Waals surface area contributed by atoms with E-state index in [1.54, 1.807) is 0 Å². The largest absolute Gasteiger partial charge is 0.484 e. The van der Waals surface area contributed by atoms with Crippen molar-refractivity contribution in [2.24, 2.45) is 0 Å². The van der Waals surface area contributed by atoms with E-state index in [4.69, 9.17) is 4.74 Å². The molecule has 1 N–H and O–H groups in total. The first-order valence-electron chi connectivity index (χ1n) is 6.80. The maximum atomic E-state index is 12.0. The molecule has 0 saturated carbocycles. The number of rotatable bonds is 5. The fourth-order valence-corrected chi connectivity index (χ4v) is 2.68. The second kappa shape index (κ2) is 7.27. The van der Waals surface area contributed by atoms with Gasteiger partial charge in [0.25, 0.3) is 5.91 Å². The second-order valence-electron chi connectivity index (χ2n) is 4.86. The Bertz CT molecular complexity index is 628. The van der Waals surface area contributed by atoms with Crippen molar-refractivity contribution in [3.8, 4) is 5.75 Å². The van der Waals surface area contributed by atoms with Crippen LogP contribution in [0, 0.1) is 6.92 Å². The van der Waals surface area contributed by atoms with Crippen LogP contribution in [0.5, 0.6) is 5.75 Å². The van der Waals surface area contributed by atoms with E-state index in [2.05, 4.69) is 21.2 Å². The Hall–Kier alpha value is -1.81. The number of ether oxygens (including phenoxy) is 1. The van der Waals surface area contributed by atoms with Crippen LogP contribution in [-0.2, 0) is 4.79 Å². The van der Waals surface area contributed by atoms with E-state index in [0.29, 0.717) is 0 Å². The first-order valence-corrected chi connectivity index (χ1v) is 7.59. The molecule has 0 radical (unpaired) electrons. The SMILES string of the molecule is Cc1ccccc1OCC(=O)N[C@H](C)c1ccccc1Br. The van der Waals surface area contributed by atoms with Gasteiger partial charge in [0, 0.05) is 4.47 Å². The van der Waals surface area contributed by atoms with E-state index in [9.17, 15) is 4.79 Å². The van der Waals surface area contributed by atoms with Crippen LogP contribution in [0.3, 0.4) is 0 Å². The molecule has 0 heterocycles. The van der Waals surface area contributed by atoms with Gasteiger partial charge in [0.15, 0.2) is 6.61 Å². The molecule has 2 aromatic carbocycles. The van der Waals surface area contributed by atoms with Gasteiger partial charge in [-0.05, 0) is 37.1 Å². The van der Waals surface area contributed by atoms with E-state index in [1.165, 1.54) is 0 Å². The van der Waals surface area contributed by atoms with Gasteiger partial charge in [0.05, 0.1) is 6.04 Å². The number of benzene rings is 2. The van der Waals surface area contributed by atoms with Crippen molar-refractivity contribution in [1.82, 2.24) is 5.32 Å². The molecule has 2 rings (SSSR count). The average molecular weight is 348 g/mol. The summed E-state index contributed by atoms with van der Waals surface area (Å²) in [5.74, 6) is 0.600. The molecule has 3 nitrogen and oxygen atoms in total. The topological polar surface area (TPSA) is 38.3 Å². The van der Waals surface area contributed by atoms with Gasteiger partial charge in [0.1, 0.15) is 5.75 Å². The predicted molar refractivity (Wildman–Crippen MR) is 87.4 cm³/mol. The third-order valence-corrected chi connectivity index (χ3v) is 3.92. The Morgan fingerprint density at radius 1 is 1.19 bits per heavy atom. The molecule has 4 heteroatoms. The smallest absolute Gasteiger partial charge is 0.258 e. The molecule has 0 unspecified atom stereocenters. The molecule has 0 aliphatic rings. The Kier molecular flexibility index (Phi) is 5.39. The molecule has 1 atom stereocenters. The molecule has 0 bridgehead atoms. The van der Waals surface area contributed by atoms with Gasteiger partial charge in [-0.15, -0.1) is 0 Å². The molecule has 0 aromatic heterocycles. The monoisotopic (exact) mass is 347 g/mol. The normalized spacial score (nSPS) is 11.8. The van der Waals surface area contributed by atoms with Crippen molar-refractivity contribution < 1.29 is 9.53 Å². The zero-order valence-electron chi connectivity index (χ0n) is 12.1. The minimum atomic E-state index is -0.137. The van der Waals surface area contributed by atoms with E-state index in [0.717, 1.165) is 21.3 Å². The van der Waals surface area contributed by atoms with Crippen LogP contribution in [0.2, 0.25) is 0 Å². The number of hydrogen-bond acceptors (Lipinski definition) is 2. The fraction of sp³-hybridized carbons (Fsp3) is 0.235. The maximum Gasteiger partial charge on any atom is 0.258 e.